The van der Waals surface area contributed by atoms with E-state index in [-0.39, 0.29) is 0 Å². The Labute approximate surface area is 131 Å². The normalized spacial score (nSPS) is 13.3. The highest BCUT2D eigenvalue weighted by Gasteiger charge is 2.20. The number of rotatable bonds is 3. The standard InChI is InChI=1S/C16H14INO2/c17-14-4-1-11(2-5-14)10-18-8-7-12-9-13(16(19)20)3-6-15(12)18/h1-6,9H,7-8,10H2,(H,19,20). The molecule has 2 aromatic carbocycles. The Morgan fingerprint density at radius 2 is 1.95 bits per heavy atom. The van der Waals surface area contributed by atoms with Crippen LogP contribution in [-0.4, -0.2) is 17.6 Å². The lowest BCUT2D eigenvalue weighted by Gasteiger charge is -2.19. The van der Waals surface area contributed by atoms with Gasteiger partial charge in [0.1, 0.15) is 0 Å². The quantitative estimate of drug-likeness (QED) is 0.830. The van der Waals surface area contributed by atoms with E-state index in [4.69, 9.17) is 5.11 Å². The van der Waals surface area contributed by atoms with Crippen molar-refractivity contribution in [2.75, 3.05) is 11.4 Å². The largest absolute Gasteiger partial charge is 0.478 e. The third kappa shape index (κ3) is 2.65. The Morgan fingerprint density at radius 3 is 2.65 bits per heavy atom. The molecule has 3 rings (SSSR count). The van der Waals surface area contributed by atoms with E-state index in [0.29, 0.717) is 5.56 Å². The fourth-order valence-electron chi connectivity index (χ4n) is 2.58. The zero-order valence-electron chi connectivity index (χ0n) is 10.8. The average molecular weight is 379 g/mol. The van der Waals surface area contributed by atoms with Crippen LogP contribution in [0.25, 0.3) is 0 Å². The molecule has 1 aliphatic heterocycles. The lowest BCUT2D eigenvalue weighted by atomic mass is 10.1. The first-order chi connectivity index (χ1) is 9.63. The van der Waals surface area contributed by atoms with E-state index in [0.717, 1.165) is 30.8 Å². The van der Waals surface area contributed by atoms with Crippen LogP contribution in [0.15, 0.2) is 42.5 Å². The molecule has 0 radical (unpaired) electrons. The zero-order valence-corrected chi connectivity index (χ0v) is 13.0. The lowest BCUT2D eigenvalue weighted by Crippen LogP contribution is -2.19. The molecule has 0 spiro atoms. The molecule has 0 atom stereocenters. The predicted octanol–water partition coefficient (Wildman–Crippen LogP) is 3.55. The molecule has 1 N–H and O–H groups in total. The van der Waals surface area contributed by atoms with E-state index >= 15 is 0 Å². The molecule has 4 heteroatoms. The number of nitrogens with zero attached hydrogens (tertiary/aromatic N) is 1. The van der Waals surface area contributed by atoms with Crippen LogP contribution in [0.5, 0.6) is 0 Å². The van der Waals surface area contributed by atoms with Gasteiger partial charge >= 0.3 is 5.97 Å². The van der Waals surface area contributed by atoms with Crippen molar-refractivity contribution < 1.29 is 9.90 Å². The van der Waals surface area contributed by atoms with Gasteiger partial charge in [-0.25, -0.2) is 4.79 Å². The second-order valence-corrected chi connectivity index (χ2v) is 6.19. The second kappa shape index (κ2) is 5.44. The minimum absolute atomic E-state index is 0.375. The van der Waals surface area contributed by atoms with E-state index in [1.54, 1.807) is 12.1 Å². The summed E-state index contributed by atoms with van der Waals surface area (Å²) in [5.74, 6) is -0.858. The molecule has 1 heterocycles. The SMILES string of the molecule is O=C(O)c1ccc2c(c1)CCN2Cc1ccc(I)cc1. The second-order valence-electron chi connectivity index (χ2n) is 4.95. The van der Waals surface area contributed by atoms with Gasteiger partial charge in [-0.15, -0.1) is 0 Å². The first-order valence-electron chi connectivity index (χ1n) is 6.49. The molecule has 0 saturated carbocycles. The van der Waals surface area contributed by atoms with Crippen molar-refractivity contribution in [3.05, 3.63) is 62.7 Å². The molecule has 20 heavy (non-hydrogen) atoms. The number of hydrogen-bond donors (Lipinski definition) is 1. The highest BCUT2D eigenvalue weighted by atomic mass is 127. The van der Waals surface area contributed by atoms with E-state index < -0.39 is 5.97 Å². The molecule has 0 bridgehead atoms. The van der Waals surface area contributed by atoms with Crippen molar-refractivity contribution in [3.63, 3.8) is 0 Å². The van der Waals surface area contributed by atoms with Crippen molar-refractivity contribution in [3.8, 4) is 0 Å². The third-order valence-corrected chi connectivity index (χ3v) is 4.32. The number of aromatic carboxylic acids is 1. The topological polar surface area (TPSA) is 40.5 Å². The van der Waals surface area contributed by atoms with Gasteiger partial charge in [-0.3, -0.25) is 0 Å². The summed E-state index contributed by atoms with van der Waals surface area (Å²) in [6, 6.07) is 13.9. The van der Waals surface area contributed by atoms with Gasteiger partial charge in [0.25, 0.3) is 0 Å². The van der Waals surface area contributed by atoms with Crippen LogP contribution < -0.4 is 4.90 Å². The summed E-state index contributed by atoms with van der Waals surface area (Å²) in [7, 11) is 0. The molecule has 0 unspecified atom stereocenters. The first-order valence-corrected chi connectivity index (χ1v) is 7.57. The molecule has 102 valence electrons. The summed E-state index contributed by atoms with van der Waals surface area (Å²) in [5.41, 5.74) is 3.95. The van der Waals surface area contributed by atoms with Crippen LogP contribution >= 0.6 is 22.6 Å². The van der Waals surface area contributed by atoms with Crippen LogP contribution in [0.1, 0.15) is 21.5 Å². The summed E-state index contributed by atoms with van der Waals surface area (Å²) in [5, 5.41) is 9.03. The Bertz CT molecular complexity index is 652. The fraction of sp³-hybridized carbons (Fsp3) is 0.188. The summed E-state index contributed by atoms with van der Waals surface area (Å²) in [6.07, 6.45) is 0.917. The number of hydrogen-bond acceptors (Lipinski definition) is 2. The molecule has 0 aliphatic carbocycles. The number of carboxylic acids is 1. The van der Waals surface area contributed by atoms with Gasteiger partial charge in [-0.05, 0) is 70.5 Å². The summed E-state index contributed by atoms with van der Waals surface area (Å²) >= 11 is 2.30. The maximum atomic E-state index is 11.0. The first kappa shape index (κ1) is 13.4. The van der Waals surface area contributed by atoms with Gasteiger partial charge in [0.2, 0.25) is 0 Å². The Morgan fingerprint density at radius 1 is 1.20 bits per heavy atom. The van der Waals surface area contributed by atoms with E-state index in [1.807, 2.05) is 6.07 Å². The van der Waals surface area contributed by atoms with Gasteiger partial charge in [0, 0.05) is 22.3 Å². The number of carboxylic acid groups (broad SMARTS) is 1. The zero-order chi connectivity index (χ0) is 14.1. The molecule has 1 aliphatic rings. The van der Waals surface area contributed by atoms with Crippen molar-refractivity contribution in [1.82, 2.24) is 0 Å². The number of benzene rings is 2. The number of halogens is 1. The number of carbonyl (C=O) groups is 1. The molecular weight excluding hydrogens is 365 g/mol. The summed E-state index contributed by atoms with van der Waals surface area (Å²) in [6.45, 7) is 1.82. The molecule has 0 aromatic heterocycles. The van der Waals surface area contributed by atoms with Crippen LogP contribution in [0.2, 0.25) is 0 Å². The molecule has 0 amide bonds. The molecule has 0 fully saturated rings. The minimum atomic E-state index is -0.858. The Balaban J connectivity index is 1.82. The van der Waals surface area contributed by atoms with Crippen LogP contribution in [0.3, 0.4) is 0 Å². The highest BCUT2D eigenvalue weighted by Crippen LogP contribution is 2.30. The van der Waals surface area contributed by atoms with Crippen molar-refractivity contribution in [2.45, 2.75) is 13.0 Å². The summed E-state index contributed by atoms with van der Waals surface area (Å²) in [4.78, 5) is 13.3. The van der Waals surface area contributed by atoms with Crippen molar-refractivity contribution in [2.24, 2.45) is 0 Å². The van der Waals surface area contributed by atoms with Gasteiger partial charge in [-0.2, -0.15) is 0 Å². The smallest absolute Gasteiger partial charge is 0.335 e. The van der Waals surface area contributed by atoms with Crippen LogP contribution in [0, 0.1) is 3.57 Å². The maximum Gasteiger partial charge on any atom is 0.335 e. The summed E-state index contributed by atoms with van der Waals surface area (Å²) < 4.78 is 1.24. The lowest BCUT2D eigenvalue weighted by molar-refractivity contribution is 0.0697. The fourth-order valence-corrected chi connectivity index (χ4v) is 2.94. The monoisotopic (exact) mass is 379 g/mol. The molecule has 3 nitrogen and oxygen atoms in total. The van der Waals surface area contributed by atoms with Crippen molar-refractivity contribution >= 4 is 34.2 Å². The van der Waals surface area contributed by atoms with Crippen LogP contribution in [0.4, 0.5) is 5.69 Å². The maximum absolute atomic E-state index is 11.0. The molecule has 0 saturated heterocycles. The average Bonchev–Trinajstić information content (AvgIpc) is 2.84. The van der Waals surface area contributed by atoms with Gasteiger partial charge in [-0.1, -0.05) is 12.1 Å². The van der Waals surface area contributed by atoms with E-state index in [1.165, 1.54) is 9.13 Å². The van der Waals surface area contributed by atoms with E-state index in [9.17, 15) is 4.79 Å². The van der Waals surface area contributed by atoms with Crippen LogP contribution in [-0.2, 0) is 13.0 Å². The van der Waals surface area contributed by atoms with Gasteiger partial charge in [0.05, 0.1) is 5.56 Å². The highest BCUT2D eigenvalue weighted by molar-refractivity contribution is 14.1. The van der Waals surface area contributed by atoms with E-state index in [2.05, 4.69) is 51.8 Å². The van der Waals surface area contributed by atoms with Crippen molar-refractivity contribution in [1.29, 1.82) is 0 Å². The Hall–Kier alpha value is -1.56. The number of anilines is 1. The Kier molecular flexibility index (Phi) is 3.65. The van der Waals surface area contributed by atoms with Gasteiger partial charge in [0.15, 0.2) is 0 Å². The molecular formula is C16H14INO2. The minimum Gasteiger partial charge on any atom is -0.478 e. The third-order valence-electron chi connectivity index (χ3n) is 3.60. The number of fused-ring (bicyclic) bond motifs is 1. The predicted molar refractivity (Wildman–Crippen MR) is 87.3 cm³/mol. The molecule has 2 aromatic rings. The van der Waals surface area contributed by atoms with Gasteiger partial charge < -0.3 is 10.0 Å².